The summed E-state index contributed by atoms with van der Waals surface area (Å²) in [7, 11) is 0. The topological polar surface area (TPSA) is 91.8 Å². The van der Waals surface area contributed by atoms with Crippen molar-refractivity contribution in [3.8, 4) is 17.3 Å². The van der Waals surface area contributed by atoms with Gasteiger partial charge in [0, 0.05) is 15.3 Å². The van der Waals surface area contributed by atoms with Gasteiger partial charge < -0.3 is 9.84 Å². The van der Waals surface area contributed by atoms with Crippen LogP contribution in [0.5, 0.6) is 0 Å². The maximum Gasteiger partial charge on any atom is 0.259 e. The Morgan fingerprint density at radius 2 is 2.11 bits per heavy atom. The third-order valence-electron chi connectivity index (χ3n) is 4.19. The number of anilines is 1. The fourth-order valence-corrected chi connectivity index (χ4v) is 4.63. The highest BCUT2D eigenvalue weighted by Gasteiger charge is 2.21. The van der Waals surface area contributed by atoms with Crippen molar-refractivity contribution in [2.75, 3.05) is 5.32 Å². The van der Waals surface area contributed by atoms with Crippen molar-refractivity contribution in [1.82, 2.24) is 10.1 Å². The van der Waals surface area contributed by atoms with Crippen LogP contribution in [0, 0.1) is 32.1 Å². The number of nitrogens with one attached hydrogen (secondary N) is 1. The normalized spacial score (nSPS) is 10.9. The highest BCUT2D eigenvalue weighted by molar-refractivity contribution is 7.14. The number of rotatable bonds is 3. The molecule has 1 N–H and O–H groups in total. The largest absolute Gasteiger partial charge is 0.335 e. The SMILES string of the molecule is Cc1cc(-c2cc(C(=O)Nc3sccc3C#N)c3c(C)noc3n2)c(C)s1. The Balaban J connectivity index is 1.86. The van der Waals surface area contributed by atoms with Crippen LogP contribution in [-0.2, 0) is 0 Å². The van der Waals surface area contributed by atoms with Gasteiger partial charge in [0.1, 0.15) is 11.1 Å². The van der Waals surface area contributed by atoms with Gasteiger partial charge in [-0.25, -0.2) is 4.98 Å². The lowest BCUT2D eigenvalue weighted by Gasteiger charge is -2.07. The Morgan fingerprint density at radius 3 is 2.81 bits per heavy atom. The van der Waals surface area contributed by atoms with Gasteiger partial charge in [-0.1, -0.05) is 5.16 Å². The zero-order valence-corrected chi connectivity index (χ0v) is 16.4. The minimum absolute atomic E-state index is 0.321. The second kappa shape index (κ2) is 6.61. The third-order valence-corrected chi connectivity index (χ3v) is 5.99. The maximum atomic E-state index is 13.0. The summed E-state index contributed by atoms with van der Waals surface area (Å²) in [6, 6.07) is 7.56. The number of fused-ring (bicyclic) bond motifs is 1. The summed E-state index contributed by atoms with van der Waals surface area (Å²) in [4.78, 5) is 19.9. The van der Waals surface area contributed by atoms with E-state index in [0.717, 1.165) is 10.4 Å². The number of nitriles is 1. The average Bonchev–Trinajstić information content (AvgIpc) is 3.33. The molecule has 4 aromatic heterocycles. The summed E-state index contributed by atoms with van der Waals surface area (Å²) in [6.07, 6.45) is 0. The van der Waals surface area contributed by atoms with Crippen LogP contribution in [0.2, 0.25) is 0 Å². The van der Waals surface area contributed by atoms with Crippen molar-refractivity contribution in [3.63, 3.8) is 0 Å². The number of hydrogen-bond donors (Lipinski definition) is 1. The van der Waals surface area contributed by atoms with Gasteiger partial charge in [-0.15, -0.1) is 22.7 Å². The van der Waals surface area contributed by atoms with Crippen molar-refractivity contribution in [2.24, 2.45) is 0 Å². The number of aromatic nitrogens is 2. The summed E-state index contributed by atoms with van der Waals surface area (Å²) < 4.78 is 5.34. The van der Waals surface area contributed by atoms with Crippen LogP contribution < -0.4 is 5.32 Å². The maximum absolute atomic E-state index is 13.0. The van der Waals surface area contributed by atoms with Crippen molar-refractivity contribution in [2.45, 2.75) is 20.8 Å². The molecule has 0 fully saturated rings. The number of amides is 1. The van der Waals surface area contributed by atoms with E-state index in [1.807, 2.05) is 19.9 Å². The van der Waals surface area contributed by atoms with E-state index in [2.05, 4.69) is 21.5 Å². The zero-order valence-electron chi connectivity index (χ0n) is 14.8. The molecule has 0 aliphatic heterocycles. The summed E-state index contributed by atoms with van der Waals surface area (Å²) in [5, 5.41) is 18.8. The highest BCUT2D eigenvalue weighted by Crippen LogP contribution is 2.33. The number of pyridine rings is 1. The molecular formula is C19H14N4O2S2. The molecular weight excluding hydrogens is 380 g/mol. The number of aryl methyl sites for hydroxylation is 3. The fraction of sp³-hybridized carbons (Fsp3) is 0.158. The van der Waals surface area contributed by atoms with Gasteiger partial charge in [-0.05, 0) is 44.4 Å². The molecule has 0 atom stereocenters. The van der Waals surface area contributed by atoms with Crippen LogP contribution in [0.25, 0.3) is 22.4 Å². The molecule has 0 saturated heterocycles. The van der Waals surface area contributed by atoms with Gasteiger partial charge in [-0.2, -0.15) is 5.26 Å². The number of carbonyl (C=O) groups is 1. The smallest absolute Gasteiger partial charge is 0.259 e. The van der Waals surface area contributed by atoms with E-state index >= 15 is 0 Å². The van der Waals surface area contributed by atoms with E-state index in [0.29, 0.717) is 38.6 Å². The lowest BCUT2D eigenvalue weighted by atomic mass is 10.1. The van der Waals surface area contributed by atoms with Crippen molar-refractivity contribution in [3.05, 3.63) is 50.2 Å². The Morgan fingerprint density at radius 1 is 1.30 bits per heavy atom. The summed E-state index contributed by atoms with van der Waals surface area (Å²) in [5.74, 6) is -0.321. The fourth-order valence-electron chi connectivity index (χ4n) is 2.96. The van der Waals surface area contributed by atoms with Crippen LogP contribution in [0.1, 0.15) is 31.4 Å². The first-order valence-corrected chi connectivity index (χ1v) is 9.81. The molecule has 1 amide bonds. The Hall–Kier alpha value is -3.02. The summed E-state index contributed by atoms with van der Waals surface area (Å²) in [6.45, 7) is 5.83. The molecule has 0 aliphatic rings. The van der Waals surface area contributed by atoms with Crippen LogP contribution in [0.4, 0.5) is 5.00 Å². The average molecular weight is 394 g/mol. The lowest BCUT2D eigenvalue weighted by Crippen LogP contribution is -2.13. The van der Waals surface area contributed by atoms with E-state index in [1.54, 1.807) is 35.8 Å². The quantitative estimate of drug-likeness (QED) is 0.524. The summed E-state index contributed by atoms with van der Waals surface area (Å²) in [5.41, 5.74) is 3.41. The molecule has 4 aromatic rings. The summed E-state index contributed by atoms with van der Waals surface area (Å²) >= 11 is 2.98. The molecule has 4 heterocycles. The highest BCUT2D eigenvalue weighted by atomic mass is 32.1. The molecule has 0 bridgehead atoms. The van der Waals surface area contributed by atoms with Gasteiger partial charge >= 0.3 is 0 Å². The van der Waals surface area contributed by atoms with E-state index < -0.39 is 0 Å². The van der Waals surface area contributed by atoms with Gasteiger partial charge in [0.05, 0.1) is 27.9 Å². The molecule has 6 nitrogen and oxygen atoms in total. The monoisotopic (exact) mass is 394 g/mol. The molecule has 4 rings (SSSR count). The molecule has 8 heteroatoms. The predicted molar refractivity (Wildman–Crippen MR) is 106 cm³/mol. The Labute approximate surface area is 163 Å². The molecule has 27 heavy (non-hydrogen) atoms. The van der Waals surface area contributed by atoms with Gasteiger partial charge in [0.2, 0.25) is 0 Å². The molecule has 0 radical (unpaired) electrons. The minimum atomic E-state index is -0.321. The van der Waals surface area contributed by atoms with E-state index in [-0.39, 0.29) is 5.91 Å². The van der Waals surface area contributed by atoms with Crippen molar-refractivity contribution >= 4 is 44.7 Å². The first-order valence-electron chi connectivity index (χ1n) is 8.11. The van der Waals surface area contributed by atoms with E-state index in [9.17, 15) is 10.1 Å². The van der Waals surface area contributed by atoms with Crippen LogP contribution in [-0.4, -0.2) is 16.0 Å². The molecule has 134 valence electrons. The van der Waals surface area contributed by atoms with Crippen LogP contribution in [0.15, 0.2) is 28.1 Å². The van der Waals surface area contributed by atoms with Gasteiger partial charge in [-0.3, -0.25) is 4.79 Å². The first-order chi connectivity index (χ1) is 13.0. The lowest BCUT2D eigenvalue weighted by molar-refractivity contribution is 0.102. The second-order valence-corrected chi connectivity index (χ2v) is 8.44. The molecule has 0 unspecified atom stereocenters. The van der Waals surface area contributed by atoms with Gasteiger partial charge in [0.15, 0.2) is 0 Å². The molecule has 0 aliphatic carbocycles. The Kier molecular flexibility index (Phi) is 4.26. The Bertz CT molecular complexity index is 1230. The third kappa shape index (κ3) is 3.01. The molecule has 0 spiro atoms. The van der Waals surface area contributed by atoms with Crippen molar-refractivity contribution < 1.29 is 9.32 Å². The van der Waals surface area contributed by atoms with Crippen molar-refractivity contribution in [1.29, 1.82) is 5.26 Å². The van der Waals surface area contributed by atoms with Crippen LogP contribution >= 0.6 is 22.7 Å². The number of thiophene rings is 2. The zero-order chi connectivity index (χ0) is 19.1. The number of hydrogen-bond acceptors (Lipinski definition) is 7. The predicted octanol–water partition coefficient (Wildman–Crippen LogP) is 5.06. The van der Waals surface area contributed by atoms with E-state index in [1.165, 1.54) is 16.2 Å². The molecule has 0 saturated carbocycles. The first kappa shape index (κ1) is 17.4. The number of carbonyl (C=O) groups excluding carboxylic acids is 1. The molecule has 0 aromatic carbocycles. The second-order valence-electron chi connectivity index (χ2n) is 6.06. The minimum Gasteiger partial charge on any atom is -0.335 e. The standard InChI is InChI=1S/C19H14N4O2S2/c1-9-6-13(11(3)27-9)15-7-14(16-10(2)23-25-18(16)21-15)17(24)22-19-12(8-20)4-5-26-19/h4-7H,1-3H3,(H,22,24). The van der Waals surface area contributed by atoms with E-state index in [4.69, 9.17) is 4.52 Å². The van der Waals surface area contributed by atoms with Gasteiger partial charge in [0.25, 0.3) is 11.6 Å². The van der Waals surface area contributed by atoms with Crippen LogP contribution in [0.3, 0.4) is 0 Å². The number of nitrogens with zero attached hydrogens (tertiary/aromatic N) is 3.